The van der Waals surface area contributed by atoms with Crippen molar-refractivity contribution >= 4 is 38.7 Å². The van der Waals surface area contributed by atoms with E-state index in [2.05, 4.69) is 8.75 Å². The fourth-order valence-electron chi connectivity index (χ4n) is 7.25. The molecule has 5 fully saturated rings. The van der Waals surface area contributed by atoms with Crippen molar-refractivity contribution in [1.82, 2.24) is 18.0 Å². The summed E-state index contributed by atoms with van der Waals surface area (Å²) in [4.78, 5) is 15.3. The lowest BCUT2D eigenvalue weighted by Gasteiger charge is -2.57. The van der Waals surface area contributed by atoms with Gasteiger partial charge in [-0.1, -0.05) is 6.07 Å². The Labute approximate surface area is 187 Å². The molecule has 9 heteroatoms. The second kappa shape index (κ2) is 7.22. The average molecular weight is 461 g/mol. The summed E-state index contributed by atoms with van der Waals surface area (Å²) in [6.45, 7) is 1.61. The molecule has 1 amide bonds. The first kappa shape index (κ1) is 20.1. The van der Waals surface area contributed by atoms with Gasteiger partial charge in [0.2, 0.25) is 15.9 Å². The van der Waals surface area contributed by atoms with Crippen molar-refractivity contribution in [2.45, 2.75) is 49.8 Å². The number of rotatable bonds is 4. The molecule has 7 rings (SSSR count). The molecule has 0 unspecified atom stereocenters. The largest absolute Gasteiger partial charge is 0.340 e. The minimum absolute atomic E-state index is 0.215. The maximum absolute atomic E-state index is 13.2. The van der Waals surface area contributed by atoms with Crippen LogP contribution >= 0.6 is 11.7 Å². The van der Waals surface area contributed by atoms with E-state index < -0.39 is 10.0 Å². The smallest absolute Gasteiger partial charge is 0.245 e. The van der Waals surface area contributed by atoms with E-state index in [9.17, 15) is 13.2 Å². The fourth-order valence-corrected chi connectivity index (χ4v) is 9.42. The van der Waals surface area contributed by atoms with E-state index in [1.165, 1.54) is 42.8 Å². The second-order valence-corrected chi connectivity index (χ2v) is 12.7. The van der Waals surface area contributed by atoms with Gasteiger partial charge in [0.1, 0.15) is 15.9 Å². The first-order chi connectivity index (χ1) is 14.9. The van der Waals surface area contributed by atoms with Gasteiger partial charge < -0.3 is 4.90 Å². The number of piperazine rings is 1. The van der Waals surface area contributed by atoms with Crippen LogP contribution in [0.2, 0.25) is 0 Å². The predicted octanol–water partition coefficient (Wildman–Crippen LogP) is 3.13. The molecular weight excluding hydrogens is 432 g/mol. The minimum atomic E-state index is -3.65. The fraction of sp³-hybridized carbons (Fsp3) is 0.682. The Bertz CT molecular complexity index is 1090. The van der Waals surface area contributed by atoms with E-state index in [0.29, 0.717) is 43.6 Å². The number of carbonyl (C=O) groups excluding carboxylic acids is 1. The summed E-state index contributed by atoms with van der Waals surface area (Å²) in [5, 5.41) is 0. The van der Waals surface area contributed by atoms with Crippen LogP contribution in [0.3, 0.4) is 0 Å². The standard InChI is InChI=1S/C22H28N4O3S2/c27-20(14-22-11-15-8-16(12-22)10-17(9-15)13-22)25-4-6-26(7-5-25)31(28,29)19-3-1-2-18-21(19)24-30-23-18/h1-3,15-17H,4-14H2. The quantitative estimate of drug-likeness (QED) is 0.700. The number of hydrogen-bond acceptors (Lipinski definition) is 6. The van der Waals surface area contributed by atoms with E-state index in [1.807, 2.05) is 4.90 Å². The molecule has 0 radical (unpaired) electrons. The summed E-state index contributed by atoms with van der Waals surface area (Å²) in [6, 6.07) is 5.09. The van der Waals surface area contributed by atoms with Gasteiger partial charge in [0.15, 0.2) is 0 Å². The van der Waals surface area contributed by atoms with Crippen LogP contribution < -0.4 is 0 Å². The molecule has 1 aromatic heterocycles. The first-order valence-electron chi connectivity index (χ1n) is 11.4. The van der Waals surface area contributed by atoms with Crippen molar-refractivity contribution in [3.63, 3.8) is 0 Å². The maximum atomic E-state index is 13.2. The van der Waals surface area contributed by atoms with Gasteiger partial charge in [-0.2, -0.15) is 13.1 Å². The van der Waals surface area contributed by atoms with Crippen molar-refractivity contribution in [3.05, 3.63) is 18.2 Å². The van der Waals surface area contributed by atoms with Crippen LogP contribution in [-0.2, 0) is 14.8 Å². The highest BCUT2D eigenvalue weighted by atomic mass is 32.2. The van der Waals surface area contributed by atoms with E-state index >= 15 is 0 Å². The highest BCUT2D eigenvalue weighted by molar-refractivity contribution is 7.89. The molecule has 4 bridgehead atoms. The first-order valence-corrected chi connectivity index (χ1v) is 13.6. The summed E-state index contributed by atoms with van der Waals surface area (Å²) in [7, 11) is -3.65. The normalized spacial score (nSPS) is 33.3. The topological polar surface area (TPSA) is 83.5 Å². The molecule has 1 aliphatic heterocycles. The van der Waals surface area contributed by atoms with Gasteiger partial charge in [-0.3, -0.25) is 4.79 Å². The molecule has 31 heavy (non-hydrogen) atoms. The molecule has 2 aromatic rings. The molecule has 5 aliphatic rings. The Morgan fingerprint density at radius 2 is 1.65 bits per heavy atom. The average Bonchev–Trinajstić information content (AvgIpc) is 3.21. The Kier molecular flexibility index (Phi) is 4.67. The maximum Gasteiger partial charge on any atom is 0.245 e. The lowest BCUT2D eigenvalue weighted by Crippen LogP contribution is -2.53. The zero-order valence-corrected chi connectivity index (χ0v) is 19.2. The zero-order valence-electron chi connectivity index (χ0n) is 17.6. The SMILES string of the molecule is O=C(CC12CC3CC(CC(C3)C1)C2)N1CCN(S(=O)(=O)c2cccc3nsnc23)CC1. The van der Waals surface area contributed by atoms with Crippen LogP contribution in [0.15, 0.2) is 23.1 Å². The Morgan fingerprint density at radius 3 is 2.29 bits per heavy atom. The summed E-state index contributed by atoms with van der Waals surface area (Å²) < 4.78 is 36.3. The van der Waals surface area contributed by atoms with Crippen LogP contribution in [-0.4, -0.2) is 58.5 Å². The molecule has 1 aromatic carbocycles. The van der Waals surface area contributed by atoms with Crippen molar-refractivity contribution in [3.8, 4) is 0 Å². The van der Waals surface area contributed by atoms with Crippen molar-refractivity contribution in [1.29, 1.82) is 0 Å². The minimum Gasteiger partial charge on any atom is -0.340 e. The number of benzene rings is 1. The molecule has 7 nitrogen and oxygen atoms in total. The van der Waals surface area contributed by atoms with Crippen LogP contribution in [0.1, 0.15) is 44.9 Å². The molecule has 4 aliphatic carbocycles. The molecule has 0 N–H and O–H groups in total. The molecule has 4 saturated carbocycles. The van der Waals surface area contributed by atoms with Crippen molar-refractivity contribution < 1.29 is 13.2 Å². The van der Waals surface area contributed by atoms with Crippen LogP contribution in [0.4, 0.5) is 0 Å². The monoisotopic (exact) mass is 460 g/mol. The van der Waals surface area contributed by atoms with Gasteiger partial charge in [0.25, 0.3) is 0 Å². The summed E-state index contributed by atoms with van der Waals surface area (Å²) in [6.07, 6.45) is 8.48. The highest BCUT2D eigenvalue weighted by Crippen LogP contribution is 2.61. The lowest BCUT2D eigenvalue weighted by molar-refractivity contribution is -0.140. The third kappa shape index (κ3) is 3.40. The molecule has 166 valence electrons. The van der Waals surface area contributed by atoms with Gasteiger partial charge in [-0.15, -0.1) is 0 Å². The molecule has 0 spiro atoms. The van der Waals surface area contributed by atoms with E-state index in [-0.39, 0.29) is 16.2 Å². The summed E-state index contributed by atoms with van der Waals surface area (Å²) in [5.74, 6) is 2.74. The number of carbonyl (C=O) groups is 1. The number of amides is 1. The Hall–Kier alpha value is -1.58. The summed E-state index contributed by atoms with van der Waals surface area (Å²) >= 11 is 1.02. The van der Waals surface area contributed by atoms with Gasteiger partial charge >= 0.3 is 0 Å². The molecule has 0 atom stereocenters. The zero-order chi connectivity index (χ0) is 21.2. The van der Waals surface area contributed by atoms with E-state index in [1.54, 1.807) is 18.2 Å². The summed E-state index contributed by atoms with van der Waals surface area (Å²) in [5.41, 5.74) is 1.27. The highest BCUT2D eigenvalue weighted by Gasteiger charge is 2.51. The number of fused-ring (bicyclic) bond motifs is 1. The second-order valence-electron chi connectivity index (χ2n) is 10.3. The van der Waals surface area contributed by atoms with Gasteiger partial charge in [-0.05, 0) is 73.8 Å². The number of sulfonamides is 1. The number of aromatic nitrogens is 2. The Morgan fingerprint density at radius 1 is 1.00 bits per heavy atom. The van der Waals surface area contributed by atoms with E-state index in [0.717, 1.165) is 29.5 Å². The number of hydrogen-bond donors (Lipinski definition) is 0. The number of nitrogens with zero attached hydrogens (tertiary/aromatic N) is 4. The van der Waals surface area contributed by atoms with Gasteiger partial charge in [0.05, 0.1) is 11.7 Å². The van der Waals surface area contributed by atoms with Crippen LogP contribution in [0.5, 0.6) is 0 Å². The molecule has 1 saturated heterocycles. The lowest BCUT2D eigenvalue weighted by atomic mass is 9.49. The van der Waals surface area contributed by atoms with E-state index in [4.69, 9.17) is 0 Å². The van der Waals surface area contributed by atoms with Crippen molar-refractivity contribution in [2.75, 3.05) is 26.2 Å². The molecule has 2 heterocycles. The molecular formula is C22H28N4O3S2. The third-order valence-corrected chi connectivity index (χ3v) is 10.6. The third-order valence-electron chi connectivity index (χ3n) is 8.15. The van der Waals surface area contributed by atoms with Crippen LogP contribution in [0.25, 0.3) is 11.0 Å². The Balaban J connectivity index is 1.13. The predicted molar refractivity (Wildman–Crippen MR) is 118 cm³/mol. The van der Waals surface area contributed by atoms with Crippen molar-refractivity contribution in [2.24, 2.45) is 23.2 Å². The van der Waals surface area contributed by atoms with Gasteiger partial charge in [-0.25, -0.2) is 8.42 Å². The van der Waals surface area contributed by atoms with Crippen LogP contribution in [0, 0.1) is 23.2 Å². The van der Waals surface area contributed by atoms with Gasteiger partial charge in [0, 0.05) is 32.6 Å².